The summed E-state index contributed by atoms with van der Waals surface area (Å²) in [4.78, 5) is 8.30. The van der Waals surface area contributed by atoms with Crippen molar-refractivity contribution in [2.45, 2.75) is 31.1 Å². The van der Waals surface area contributed by atoms with Crippen LogP contribution in [0.2, 0.25) is 5.15 Å². The lowest BCUT2D eigenvalue weighted by Crippen LogP contribution is -2.19. The maximum Gasteiger partial charge on any atom is 0.264 e. The minimum Gasteiger partial charge on any atom is -0.247 e. The Balaban J connectivity index is 2.38. The molecule has 0 spiro atoms. The summed E-state index contributed by atoms with van der Waals surface area (Å²) in [5, 5.41) is 0.195. The number of aromatic nitrogens is 2. The Morgan fingerprint density at radius 1 is 1.10 bits per heavy atom. The van der Waals surface area contributed by atoms with E-state index in [-0.39, 0.29) is 21.4 Å². The highest BCUT2D eigenvalue weighted by atomic mass is 35.5. The fourth-order valence-electron chi connectivity index (χ4n) is 1.63. The molecule has 5 nitrogen and oxygen atoms in total. The molecule has 0 fully saturated rings. The van der Waals surface area contributed by atoms with Crippen molar-refractivity contribution in [2.24, 2.45) is 0 Å². The van der Waals surface area contributed by atoms with Crippen LogP contribution in [0, 0.1) is 0 Å². The minimum atomic E-state index is -3.73. The van der Waals surface area contributed by atoms with E-state index in [0.29, 0.717) is 5.69 Å². The summed E-state index contributed by atoms with van der Waals surface area (Å²) in [5.74, 6) is -0.0312. The van der Waals surface area contributed by atoms with Crippen LogP contribution in [0.1, 0.15) is 26.5 Å². The fourth-order valence-corrected chi connectivity index (χ4v) is 2.77. The van der Waals surface area contributed by atoms with Gasteiger partial charge in [-0.1, -0.05) is 50.6 Å². The Kier molecular flexibility index (Phi) is 4.20. The molecule has 0 amide bonds. The molecule has 0 aliphatic rings. The van der Waals surface area contributed by atoms with Gasteiger partial charge in [-0.05, 0) is 18.2 Å². The van der Waals surface area contributed by atoms with E-state index < -0.39 is 10.0 Å². The van der Waals surface area contributed by atoms with Gasteiger partial charge in [0.2, 0.25) is 5.95 Å². The van der Waals surface area contributed by atoms with Crippen molar-refractivity contribution >= 4 is 27.6 Å². The number of nitrogens with zero attached hydrogens (tertiary/aromatic N) is 2. The summed E-state index contributed by atoms with van der Waals surface area (Å²) in [6.07, 6.45) is 0. The first-order valence-corrected chi connectivity index (χ1v) is 8.17. The van der Waals surface area contributed by atoms with Gasteiger partial charge in [0.15, 0.2) is 0 Å². The minimum absolute atomic E-state index is 0.0312. The second-order valence-electron chi connectivity index (χ2n) is 5.57. The zero-order chi connectivity index (χ0) is 15.7. The number of benzene rings is 1. The van der Waals surface area contributed by atoms with E-state index in [1.54, 1.807) is 24.3 Å². The molecule has 7 heteroatoms. The first-order chi connectivity index (χ1) is 9.68. The zero-order valence-corrected chi connectivity index (χ0v) is 13.5. The second kappa shape index (κ2) is 5.61. The van der Waals surface area contributed by atoms with Crippen LogP contribution in [0.3, 0.4) is 0 Å². The van der Waals surface area contributed by atoms with E-state index in [1.165, 1.54) is 12.1 Å². The molecule has 0 aliphatic heterocycles. The average Bonchev–Trinajstić information content (AvgIpc) is 2.37. The lowest BCUT2D eigenvalue weighted by molar-refractivity contribution is 0.567. The Hall–Kier alpha value is -1.66. The molecule has 2 aromatic rings. The average molecular weight is 326 g/mol. The molecule has 0 saturated carbocycles. The standard InChI is InChI=1S/C14H16ClN3O2S/c1-14(2,3)11-9-12(15)17-13(16-11)18-21(19,20)10-7-5-4-6-8-10/h4-9H,1-3H3,(H,16,17,18). The fraction of sp³-hybridized carbons (Fsp3) is 0.286. The SMILES string of the molecule is CC(C)(C)c1cc(Cl)nc(NS(=O)(=O)c2ccccc2)n1. The third-order valence-electron chi connectivity index (χ3n) is 2.74. The Morgan fingerprint density at radius 2 is 1.71 bits per heavy atom. The Morgan fingerprint density at radius 3 is 2.29 bits per heavy atom. The molecule has 1 N–H and O–H groups in total. The van der Waals surface area contributed by atoms with Crippen molar-refractivity contribution in [3.8, 4) is 0 Å². The van der Waals surface area contributed by atoms with Crippen molar-refractivity contribution in [3.05, 3.63) is 47.2 Å². The number of rotatable bonds is 3. The molecule has 0 bridgehead atoms. The molecule has 112 valence electrons. The number of sulfonamides is 1. The molecular formula is C14H16ClN3O2S. The summed E-state index contributed by atoms with van der Waals surface area (Å²) in [6.45, 7) is 5.88. The summed E-state index contributed by atoms with van der Waals surface area (Å²) in [5.41, 5.74) is 0.396. The number of nitrogens with one attached hydrogen (secondary N) is 1. The summed E-state index contributed by atoms with van der Waals surface area (Å²) in [7, 11) is -3.73. The predicted molar refractivity (Wildman–Crippen MR) is 83.0 cm³/mol. The van der Waals surface area contributed by atoms with Crippen LogP contribution in [0.4, 0.5) is 5.95 Å². The predicted octanol–water partition coefficient (Wildman–Crippen LogP) is 3.23. The van der Waals surface area contributed by atoms with Gasteiger partial charge in [-0.3, -0.25) is 0 Å². The molecule has 21 heavy (non-hydrogen) atoms. The summed E-state index contributed by atoms with van der Waals surface area (Å²) < 4.78 is 26.8. The first-order valence-electron chi connectivity index (χ1n) is 6.31. The number of hydrogen-bond acceptors (Lipinski definition) is 4. The van der Waals surface area contributed by atoms with Crippen LogP contribution in [-0.2, 0) is 15.4 Å². The monoisotopic (exact) mass is 325 g/mol. The van der Waals surface area contributed by atoms with Crippen LogP contribution in [0.5, 0.6) is 0 Å². The van der Waals surface area contributed by atoms with E-state index in [1.807, 2.05) is 20.8 Å². The lowest BCUT2D eigenvalue weighted by atomic mass is 9.92. The molecule has 0 radical (unpaired) electrons. The van der Waals surface area contributed by atoms with E-state index in [2.05, 4.69) is 14.7 Å². The maximum absolute atomic E-state index is 12.2. The van der Waals surface area contributed by atoms with Gasteiger partial charge in [0, 0.05) is 5.41 Å². The molecule has 0 unspecified atom stereocenters. The highest BCUT2D eigenvalue weighted by molar-refractivity contribution is 7.92. The highest BCUT2D eigenvalue weighted by Gasteiger charge is 2.20. The molecule has 1 heterocycles. The normalized spacial score (nSPS) is 12.2. The van der Waals surface area contributed by atoms with Crippen LogP contribution < -0.4 is 4.72 Å². The Bertz CT molecular complexity index is 741. The van der Waals surface area contributed by atoms with Crippen LogP contribution in [0.25, 0.3) is 0 Å². The molecule has 0 saturated heterocycles. The van der Waals surface area contributed by atoms with E-state index in [0.717, 1.165) is 0 Å². The smallest absolute Gasteiger partial charge is 0.247 e. The number of halogens is 1. The number of hydrogen-bond donors (Lipinski definition) is 1. The van der Waals surface area contributed by atoms with Gasteiger partial charge < -0.3 is 0 Å². The van der Waals surface area contributed by atoms with Crippen LogP contribution in [-0.4, -0.2) is 18.4 Å². The highest BCUT2D eigenvalue weighted by Crippen LogP contribution is 2.24. The summed E-state index contributed by atoms with van der Waals surface area (Å²) >= 11 is 5.94. The van der Waals surface area contributed by atoms with Gasteiger partial charge in [0.05, 0.1) is 10.6 Å². The van der Waals surface area contributed by atoms with Gasteiger partial charge in [0.1, 0.15) is 5.15 Å². The van der Waals surface area contributed by atoms with Crippen LogP contribution >= 0.6 is 11.6 Å². The topological polar surface area (TPSA) is 72.0 Å². The zero-order valence-electron chi connectivity index (χ0n) is 12.0. The third kappa shape index (κ3) is 3.92. The van der Waals surface area contributed by atoms with Gasteiger partial charge in [-0.25, -0.2) is 23.1 Å². The third-order valence-corrected chi connectivity index (χ3v) is 4.28. The van der Waals surface area contributed by atoms with E-state index in [4.69, 9.17) is 11.6 Å². The van der Waals surface area contributed by atoms with E-state index >= 15 is 0 Å². The summed E-state index contributed by atoms with van der Waals surface area (Å²) in [6, 6.07) is 9.66. The maximum atomic E-state index is 12.2. The van der Waals surface area contributed by atoms with Crippen molar-refractivity contribution in [1.82, 2.24) is 9.97 Å². The van der Waals surface area contributed by atoms with Gasteiger partial charge in [-0.2, -0.15) is 0 Å². The molecule has 0 aliphatic carbocycles. The lowest BCUT2D eigenvalue weighted by Gasteiger charge is -2.18. The molecular weight excluding hydrogens is 310 g/mol. The van der Waals surface area contributed by atoms with Gasteiger partial charge in [0.25, 0.3) is 10.0 Å². The van der Waals surface area contributed by atoms with Crippen molar-refractivity contribution < 1.29 is 8.42 Å². The Labute approximate surface area is 129 Å². The second-order valence-corrected chi connectivity index (χ2v) is 7.64. The van der Waals surface area contributed by atoms with Crippen molar-refractivity contribution in [1.29, 1.82) is 0 Å². The van der Waals surface area contributed by atoms with Gasteiger partial charge in [-0.15, -0.1) is 0 Å². The molecule has 2 rings (SSSR count). The molecule has 1 aromatic carbocycles. The largest absolute Gasteiger partial charge is 0.264 e. The quantitative estimate of drug-likeness (QED) is 0.879. The van der Waals surface area contributed by atoms with Crippen molar-refractivity contribution in [2.75, 3.05) is 4.72 Å². The number of anilines is 1. The van der Waals surface area contributed by atoms with E-state index in [9.17, 15) is 8.42 Å². The van der Waals surface area contributed by atoms with Gasteiger partial charge >= 0.3 is 0 Å². The van der Waals surface area contributed by atoms with Crippen LogP contribution in [0.15, 0.2) is 41.3 Å². The molecule has 0 atom stereocenters. The molecule has 1 aromatic heterocycles. The van der Waals surface area contributed by atoms with Crippen molar-refractivity contribution in [3.63, 3.8) is 0 Å². The first kappa shape index (κ1) is 15.7.